The smallest absolute Gasteiger partial charge is 0.207 e. The minimum atomic E-state index is -0.318. The van der Waals surface area contributed by atoms with Crippen LogP contribution < -0.4 is 4.74 Å². The maximum atomic E-state index is 6.02. The van der Waals surface area contributed by atoms with E-state index in [0.29, 0.717) is 24.2 Å². The zero-order chi connectivity index (χ0) is 13.2. The molecule has 19 heavy (non-hydrogen) atoms. The average Bonchev–Trinajstić information content (AvgIpc) is 3.09. The molecule has 2 heterocycles. The Morgan fingerprint density at radius 1 is 1.37 bits per heavy atom. The van der Waals surface area contributed by atoms with Crippen LogP contribution in [0.1, 0.15) is 11.9 Å². The van der Waals surface area contributed by atoms with E-state index in [9.17, 15) is 0 Å². The van der Waals surface area contributed by atoms with E-state index in [1.54, 1.807) is 24.1 Å². The summed E-state index contributed by atoms with van der Waals surface area (Å²) in [4.78, 5) is 3.99. The Labute approximate surface area is 115 Å². The van der Waals surface area contributed by atoms with Gasteiger partial charge < -0.3 is 14.2 Å². The molecule has 2 aromatic rings. The van der Waals surface area contributed by atoms with Crippen molar-refractivity contribution in [2.45, 2.75) is 6.29 Å². The molecule has 3 rings (SSSR count). The second-order valence-electron chi connectivity index (χ2n) is 4.07. The normalized spacial score (nSPS) is 15.9. The first-order chi connectivity index (χ1) is 9.29. The first-order valence-electron chi connectivity index (χ1n) is 5.90. The summed E-state index contributed by atoms with van der Waals surface area (Å²) >= 11 is 6.02. The van der Waals surface area contributed by atoms with Gasteiger partial charge in [0.05, 0.1) is 26.0 Å². The first-order valence-corrected chi connectivity index (χ1v) is 6.28. The maximum Gasteiger partial charge on any atom is 0.207 e. The van der Waals surface area contributed by atoms with Crippen molar-refractivity contribution in [1.29, 1.82) is 0 Å². The average molecular weight is 281 g/mol. The van der Waals surface area contributed by atoms with Gasteiger partial charge in [0, 0.05) is 18.0 Å². The van der Waals surface area contributed by atoms with Gasteiger partial charge in [-0.2, -0.15) is 0 Å². The van der Waals surface area contributed by atoms with Gasteiger partial charge in [-0.05, 0) is 23.7 Å². The van der Waals surface area contributed by atoms with Crippen LogP contribution in [0.15, 0.2) is 30.6 Å². The van der Waals surface area contributed by atoms with Gasteiger partial charge in [-0.15, -0.1) is 0 Å². The third-order valence-corrected chi connectivity index (χ3v) is 3.23. The molecule has 0 atom stereocenters. The van der Waals surface area contributed by atoms with Crippen molar-refractivity contribution in [3.8, 4) is 11.4 Å². The van der Waals surface area contributed by atoms with Crippen LogP contribution in [-0.2, 0) is 9.47 Å². The number of rotatable bonds is 3. The van der Waals surface area contributed by atoms with Crippen LogP contribution in [0.2, 0.25) is 5.28 Å². The summed E-state index contributed by atoms with van der Waals surface area (Å²) in [6, 6.07) is 5.73. The Balaban J connectivity index is 2.00. The van der Waals surface area contributed by atoms with E-state index in [0.717, 1.165) is 11.3 Å². The van der Waals surface area contributed by atoms with Crippen molar-refractivity contribution in [3.05, 3.63) is 41.4 Å². The molecule has 5 nitrogen and oxygen atoms in total. The number of hydrogen-bond donors (Lipinski definition) is 0. The highest BCUT2D eigenvalue weighted by Crippen LogP contribution is 2.31. The van der Waals surface area contributed by atoms with Crippen molar-refractivity contribution in [2.24, 2.45) is 0 Å². The molecule has 100 valence electrons. The lowest BCUT2D eigenvalue weighted by Crippen LogP contribution is -2.02. The van der Waals surface area contributed by atoms with Crippen LogP contribution in [0, 0.1) is 0 Å². The van der Waals surface area contributed by atoms with Gasteiger partial charge in [0.25, 0.3) is 0 Å². The van der Waals surface area contributed by atoms with E-state index in [1.165, 1.54) is 0 Å². The van der Waals surface area contributed by atoms with Crippen LogP contribution >= 0.6 is 11.6 Å². The van der Waals surface area contributed by atoms with Crippen molar-refractivity contribution in [3.63, 3.8) is 0 Å². The van der Waals surface area contributed by atoms with E-state index in [-0.39, 0.29) is 6.29 Å². The van der Waals surface area contributed by atoms with Gasteiger partial charge in [-0.25, -0.2) is 4.98 Å². The summed E-state index contributed by atoms with van der Waals surface area (Å²) in [7, 11) is 1.61. The van der Waals surface area contributed by atoms with Gasteiger partial charge in [0.2, 0.25) is 5.28 Å². The molecule has 1 fully saturated rings. The molecule has 0 spiro atoms. The lowest BCUT2D eigenvalue weighted by Gasteiger charge is -2.14. The zero-order valence-corrected chi connectivity index (χ0v) is 11.1. The van der Waals surface area contributed by atoms with E-state index in [2.05, 4.69) is 4.98 Å². The molecule has 1 aromatic carbocycles. The molecule has 0 bridgehead atoms. The summed E-state index contributed by atoms with van der Waals surface area (Å²) < 4.78 is 18.1. The number of aromatic nitrogens is 2. The SMILES string of the molecule is COc1cc(C2OCCO2)ccc1-n1ccnc1Cl. The lowest BCUT2D eigenvalue weighted by atomic mass is 10.1. The predicted molar refractivity (Wildman–Crippen MR) is 69.8 cm³/mol. The molecular formula is C13H13ClN2O3. The van der Waals surface area contributed by atoms with Crippen molar-refractivity contribution < 1.29 is 14.2 Å². The number of ether oxygens (including phenoxy) is 3. The number of methoxy groups -OCH3 is 1. The molecule has 1 aliphatic heterocycles. The number of imidazole rings is 1. The van der Waals surface area contributed by atoms with Crippen LogP contribution in [0.3, 0.4) is 0 Å². The predicted octanol–water partition coefficient (Wildman–Crippen LogP) is 2.58. The van der Waals surface area contributed by atoms with Gasteiger partial charge in [0.15, 0.2) is 6.29 Å². The highest BCUT2D eigenvalue weighted by molar-refractivity contribution is 6.28. The number of benzene rings is 1. The fraction of sp³-hybridized carbons (Fsp3) is 0.308. The van der Waals surface area contributed by atoms with Crippen LogP contribution in [0.5, 0.6) is 5.75 Å². The maximum absolute atomic E-state index is 6.02. The highest BCUT2D eigenvalue weighted by atomic mass is 35.5. The monoisotopic (exact) mass is 280 g/mol. The Morgan fingerprint density at radius 2 is 2.16 bits per heavy atom. The van der Waals surface area contributed by atoms with Crippen LogP contribution in [0.4, 0.5) is 0 Å². The summed E-state index contributed by atoms with van der Waals surface area (Å²) in [6.07, 6.45) is 3.10. The van der Waals surface area contributed by atoms with E-state index >= 15 is 0 Å². The van der Waals surface area contributed by atoms with E-state index in [1.807, 2.05) is 18.2 Å². The molecular weight excluding hydrogens is 268 g/mol. The molecule has 0 aliphatic carbocycles. The fourth-order valence-corrected chi connectivity index (χ4v) is 2.26. The van der Waals surface area contributed by atoms with Crippen LogP contribution in [-0.4, -0.2) is 29.9 Å². The standard InChI is InChI=1S/C13H13ClN2O3/c1-17-11-8-9(12-18-6-7-19-12)2-3-10(11)16-5-4-15-13(16)14/h2-5,8,12H,6-7H2,1H3. The van der Waals surface area contributed by atoms with Gasteiger partial charge in [0.1, 0.15) is 5.75 Å². The van der Waals surface area contributed by atoms with Gasteiger partial charge in [-0.3, -0.25) is 4.57 Å². The summed E-state index contributed by atoms with van der Waals surface area (Å²) in [5.74, 6) is 0.691. The van der Waals surface area contributed by atoms with Crippen molar-refractivity contribution in [2.75, 3.05) is 20.3 Å². The van der Waals surface area contributed by atoms with Gasteiger partial charge in [-0.1, -0.05) is 6.07 Å². The Bertz CT molecular complexity index is 579. The minimum Gasteiger partial charge on any atom is -0.495 e. The third kappa shape index (κ3) is 2.32. The third-order valence-electron chi connectivity index (χ3n) is 2.95. The molecule has 6 heteroatoms. The second kappa shape index (κ2) is 5.21. The van der Waals surface area contributed by atoms with Crippen LogP contribution in [0.25, 0.3) is 5.69 Å². The second-order valence-corrected chi connectivity index (χ2v) is 4.41. The summed E-state index contributed by atoms with van der Waals surface area (Å²) in [5, 5.41) is 0.388. The number of hydrogen-bond acceptors (Lipinski definition) is 4. The largest absolute Gasteiger partial charge is 0.495 e. The molecule has 0 N–H and O–H groups in total. The molecule has 1 aromatic heterocycles. The highest BCUT2D eigenvalue weighted by Gasteiger charge is 2.20. The number of halogens is 1. The Hall–Kier alpha value is -1.56. The minimum absolute atomic E-state index is 0.318. The topological polar surface area (TPSA) is 45.5 Å². The quantitative estimate of drug-likeness (QED) is 0.867. The molecule has 1 saturated heterocycles. The van der Waals surface area contributed by atoms with E-state index in [4.69, 9.17) is 25.8 Å². The molecule has 0 amide bonds. The molecule has 0 saturated carbocycles. The Morgan fingerprint density at radius 3 is 2.79 bits per heavy atom. The molecule has 0 unspecified atom stereocenters. The number of nitrogens with zero attached hydrogens (tertiary/aromatic N) is 2. The van der Waals surface area contributed by atoms with Crippen molar-refractivity contribution in [1.82, 2.24) is 9.55 Å². The Kier molecular flexibility index (Phi) is 3.42. The van der Waals surface area contributed by atoms with E-state index < -0.39 is 0 Å². The summed E-state index contributed by atoms with van der Waals surface area (Å²) in [6.45, 7) is 1.23. The fourth-order valence-electron chi connectivity index (χ4n) is 2.06. The first kappa shape index (κ1) is 12.5. The summed E-state index contributed by atoms with van der Waals surface area (Å²) in [5.41, 5.74) is 1.75. The lowest BCUT2D eigenvalue weighted by molar-refractivity contribution is -0.0442. The molecule has 0 radical (unpaired) electrons. The molecule has 1 aliphatic rings. The zero-order valence-electron chi connectivity index (χ0n) is 10.4. The van der Waals surface area contributed by atoms with Crippen molar-refractivity contribution >= 4 is 11.6 Å². The van der Waals surface area contributed by atoms with Gasteiger partial charge >= 0.3 is 0 Å².